The molecule has 0 heterocycles. The Hall–Kier alpha value is -1.09. The Kier molecular flexibility index (Phi) is 6.13. The molecule has 0 spiro atoms. The van der Waals surface area contributed by atoms with Gasteiger partial charge in [0.1, 0.15) is 0 Å². The van der Waals surface area contributed by atoms with Crippen LogP contribution in [-0.2, 0) is 12.8 Å². The monoisotopic (exact) mass is 248 g/mol. The van der Waals surface area contributed by atoms with Crippen molar-refractivity contribution in [3.05, 3.63) is 71.3 Å². The van der Waals surface area contributed by atoms with Crippen molar-refractivity contribution >= 4 is 5.97 Å². The Morgan fingerprint density at radius 1 is 0.833 bits per heavy atom. The standard InChI is InChI=1S/C15H14O2.Na/c16-15(17)14-10-8-13(9-11-14)7-6-12-4-2-1-3-5-12;/h1-5,8-11H,6-7H2,(H,16,17);/q;+1/p-1. The van der Waals surface area contributed by atoms with E-state index in [0.717, 1.165) is 18.4 Å². The first-order valence-corrected chi connectivity index (χ1v) is 5.60. The van der Waals surface area contributed by atoms with Gasteiger partial charge in [0.05, 0.1) is 5.97 Å². The number of hydrogen-bond donors (Lipinski definition) is 0. The van der Waals surface area contributed by atoms with E-state index < -0.39 is 5.97 Å². The molecule has 0 aliphatic heterocycles. The second-order valence-corrected chi connectivity index (χ2v) is 3.97. The zero-order valence-electron chi connectivity index (χ0n) is 10.4. The van der Waals surface area contributed by atoms with Crippen molar-refractivity contribution in [1.29, 1.82) is 0 Å². The third-order valence-electron chi connectivity index (χ3n) is 2.73. The number of carbonyl (C=O) groups is 1. The summed E-state index contributed by atoms with van der Waals surface area (Å²) in [6.07, 6.45) is 1.88. The number of rotatable bonds is 4. The quantitative estimate of drug-likeness (QED) is 0.640. The van der Waals surface area contributed by atoms with Gasteiger partial charge in [-0.15, -0.1) is 0 Å². The molecule has 0 unspecified atom stereocenters. The van der Waals surface area contributed by atoms with Crippen LogP contribution in [-0.4, -0.2) is 5.97 Å². The number of carboxylic acid groups (broad SMARTS) is 1. The zero-order chi connectivity index (χ0) is 12.1. The van der Waals surface area contributed by atoms with Crippen LogP contribution < -0.4 is 34.7 Å². The van der Waals surface area contributed by atoms with E-state index in [2.05, 4.69) is 12.1 Å². The third-order valence-corrected chi connectivity index (χ3v) is 2.73. The predicted octanol–water partition coefficient (Wildman–Crippen LogP) is -1.16. The third kappa shape index (κ3) is 4.30. The molecule has 2 nitrogen and oxygen atoms in total. The largest absolute Gasteiger partial charge is 1.00 e. The van der Waals surface area contributed by atoms with Crippen molar-refractivity contribution in [1.82, 2.24) is 0 Å². The van der Waals surface area contributed by atoms with Crippen LogP contribution in [0.15, 0.2) is 54.6 Å². The fourth-order valence-corrected chi connectivity index (χ4v) is 1.74. The molecule has 18 heavy (non-hydrogen) atoms. The molecule has 0 N–H and O–H groups in total. The maximum atomic E-state index is 10.6. The van der Waals surface area contributed by atoms with E-state index in [4.69, 9.17) is 0 Å². The van der Waals surface area contributed by atoms with Crippen molar-refractivity contribution in [3.63, 3.8) is 0 Å². The fourth-order valence-electron chi connectivity index (χ4n) is 1.74. The molecule has 2 aromatic rings. The molecule has 0 aliphatic rings. The van der Waals surface area contributed by atoms with Crippen LogP contribution in [0.25, 0.3) is 0 Å². The molecule has 0 saturated carbocycles. The number of carboxylic acids is 1. The molecule has 86 valence electrons. The molecule has 3 heteroatoms. The van der Waals surface area contributed by atoms with Crippen LogP contribution in [0.1, 0.15) is 21.5 Å². The van der Waals surface area contributed by atoms with Gasteiger partial charge in [0.15, 0.2) is 0 Å². The second-order valence-electron chi connectivity index (χ2n) is 3.97. The molecule has 0 saturated heterocycles. The number of benzene rings is 2. The van der Waals surface area contributed by atoms with E-state index in [1.165, 1.54) is 5.56 Å². The number of aryl methyl sites for hydroxylation is 2. The Labute approximate surface area is 129 Å². The van der Waals surface area contributed by atoms with Crippen molar-refractivity contribution in [2.45, 2.75) is 12.8 Å². The maximum absolute atomic E-state index is 10.6. The summed E-state index contributed by atoms with van der Waals surface area (Å²) in [6, 6.07) is 17.1. The van der Waals surface area contributed by atoms with Crippen molar-refractivity contribution in [2.75, 3.05) is 0 Å². The van der Waals surface area contributed by atoms with Gasteiger partial charge in [0.25, 0.3) is 0 Å². The van der Waals surface area contributed by atoms with Gasteiger partial charge in [-0.25, -0.2) is 0 Å². The number of aromatic carboxylic acids is 1. The van der Waals surface area contributed by atoms with Gasteiger partial charge in [0.2, 0.25) is 0 Å². The van der Waals surface area contributed by atoms with E-state index in [0.29, 0.717) is 0 Å². The first-order valence-electron chi connectivity index (χ1n) is 5.60. The van der Waals surface area contributed by atoms with Crippen molar-refractivity contribution < 1.29 is 39.5 Å². The average Bonchev–Trinajstić information content (AvgIpc) is 2.38. The first kappa shape index (κ1) is 15.0. The minimum Gasteiger partial charge on any atom is -0.545 e. The van der Waals surface area contributed by atoms with Gasteiger partial charge >= 0.3 is 29.6 Å². The van der Waals surface area contributed by atoms with E-state index >= 15 is 0 Å². The molecule has 0 aliphatic carbocycles. The molecule has 0 radical (unpaired) electrons. The van der Waals surface area contributed by atoms with Crippen molar-refractivity contribution in [3.8, 4) is 0 Å². The number of hydrogen-bond acceptors (Lipinski definition) is 2. The van der Waals surface area contributed by atoms with Gasteiger partial charge in [-0.05, 0) is 29.5 Å². The van der Waals surface area contributed by atoms with Crippen LogP contribution >= 0.6 is 0 Å². The Morgan fingerprint density at radius 3 is 1.83 bits per heavy atom. The molecule has 0 atom stereocenters. The minimum absolute atomic E-state index is 0. The average molecular weight is 248 g/mol. The topological polar surface area (TPSA) is 40.1 Å². The normalized spacial score (nSPS) is 9.56. The summed E-state index contributed by atoms with van der Waals surface area (Å²) in [4.78, 5) is 10.6. The van der Waals surface area contributed by atoms with Crippen LogP contribution in [0.2, 0.25) is 0 Å². The predicted molar refractivity (Wildman–Crippen MR) is 64.6 cm³/mol. The summed E-state index contributed by atoms with van der Waals surface area (Å²) in [5, 5.41) is 10.6. The molecule has 0 aromatic heterocycles. The smallest absolute Gasteiger partial charge is 0.545 e. The van der Waals surface area contributed by atoms with Crippen LogP contribution in [0, 0.1) is 0 Å². The van der Waals surface area contributed by atoms with Gasteiger partial charge in [-0.2, -0.15) is 0 Å². The van der Waals surface area contributed by atoms with Crippen LogP contribution in [0.5, 0.6) is 0 Å². The Morgan fingerprint density at radius 2 is 1.33 bits per heavy atom. The van der Waals surface area contributed by atoms with Crippen LogP contribution in [0.3, 0.4) is 0 Å². The van der Waals surface area contributed by atoms with Gasteiger partial charge in [-0.3, -0.25) is 0 Å². The Bertz CT molecular complexity index is 492. The Balaban J connectivity index is 0.00000162. The zero-order valence-corrected chi connectivity index (χ0v) is 12.4. The molecule has 2 aromatic carbocycles. The summed E-state index contributed by atoms with van der Waals surface area (Å²) in [5.74, 6) is -1.13. The van der Waals surface area contributed by atoms with E-state index in [1.807, 2.05) is 30.3 Å². The van der Waals surface area contributed by atoms with E-state index in [9.17, 15) is 9.90 Å². The van der Waals surface area contributed by atoms with Crippen LogP contribution in [0.4, 0.5) is 0 Å². The maximum Gasteiger partial charge on any atom is 1.00 e. The fraction of sp³-hybridized carbons (Fsp3) is 0.133. The molecule has 0 bridgehead atoms. The van der Waals surface area contributed by atoms with Gasteiger partial charge in [-0.1, -0.05) is 54.6 Å². The summed E-state index contributed by atoms with van der Waals surface area (Å²) in [7, 11) is 0. The molecule has 0 fully saturated rings. The number of carbonyl (C=O) groups excluding carboxylic acids is 1. The molecule has 2 rings (SSSR count). The summed E-state index contributed by atoms with van der Waals surface area (Å²) in [5.41, 5.74) is 2.66. The molecular formula is C15H13NaO2. The van der Waals surface area contributed by atoms with Gasteiger partial charge in [0, 0.05) is 0 Å². The SMILES string of the molecule is O=C([O-])c1ccc(CCc2ccccc2)cc1.[Na+]. The summed E-state index contributed by atoms with van der Waals surface area (Å²) in [6.45, 7) is 0. The van der Waals surface area contributed by atoms with Gasteiger partial charge < -0.3 is 9.90 Å². The summed E-state index contributed by atoms with van der Waals surface area (Å²) < 4.78 is 0. The second kappa shape index (κ2) is 7.37. The van der Waals surface area contributed by atoms with E-state index in [1.54, 1.807) is 12.1 Å². The minimum atomic E-state index is -1.13. The molecular weight excluding hydrogens is 235 g/mol. The molecule has 0 amide bonds. The van der Waals surface area contributed by atoms with Crippen molar-refractivity contribution in [2.24, 2.45) is 0 Å². The summed E-state index contributed by atoms with van der Waals surface area (Å²) >= 11 is 0. The first-order chi connectivity index (χ1) is 8.25. The van der Waals surface area contributed by atoms with E-state index in [-0.39, 0.29) is 35.1 Å².